The maximum atomic E-state index is 2.46. The molecule has 0 aromatic rings. The molecule has 2 bridgehead atoms. The van der Waals surface area contributed by atoms with Crippen LogP contribution in [0.25, 0.3) is 0 Å². The van der Waals surface area contributed by atoms with Crippen molar-refractivity contribution in [2.45, 2.75) is 39.5 Å². The van der Waals surface area contributed by atoms with Gasteiger partial charge in [0.25, 0.3) is 0 Å². The summed E-state index contributed by atoms with van der Waals surface area (Å²) in [6, 6.07) is 0. The summed E-state index contributed by atoms with van der Waals surface area (Å²) < 4.78 is 0. The van der Waals surface area contributed by atoms with Crippen LogP contribution < -0.4 is 0 Å². The minimum Gasteiger partial charge on any atom is -0.0620 e. The van der Waals surface area contributed by atoms with Gasteiger partial charge < -0.3 is 0 Å². The second kappa shape index (κ2) is 2.25. The van der Waals surface area contributed by atoms with Gasteiger partial charge in [0.1, 0.15) is 0 Å². The van der Waals surface area contributed by atoms with Gasteiger partial charge in [-0.15, -0.1) is 0 Å². The molecule has 3 saturated carbocycles. The molecule has 3 fully saturated rings. The summed E-state index contributed by atoms with van der Waals surface area (Å²) in [6.45, 7) is 4.92. The molecule has 0 aliphatic heterocycles. The largest absolute Gasteiger partial charge is 0.0620 e. The van der Waals surface area contributed by atoms with Crippen molar-refractivity contribution in [3.8, 4) is 0 Å². The molecule has 0 heterocycles. The van der Waals surface area contributed by atoms with E-state index in [0.717, 1.165) is 23.7 Å². The molecule has 0 heteroatoms. The molecule has 0 aromatic carbocycles. The third kappa shape index (κ3) is 0.810. The third-order valence-electron chi connectivity index (χ3n) is 4.13. The Morgan fingerprint density at radius 3 is 1.20 bits per heavy atom. The Morgan fingerprint density at radius 2 is 1.00 bits per heavy atom. The fourth-order valence-electron chi connectivity index (χ4n) is 3.06. The van der Waals surface area contributed by atoms with Crippen LogP contribution in [-0.2, 0) is 0 Å². The van der Waals surface area contributed by atoms with Crippen LogP contribution in [0.5, 0.6) is 0 Å². The molecule has 0 amide bonds. The van der Waals surface area contributed by atoms with Crippen molar-refractivity contribution in [3.63, 3.8) is 0 Å². The van der Waals surface area contributed by atoms with Crippen LogP contribution in [0.2, 0.25) is 0 Å². The number of hydrogen-bond acceptors (Lipinski definition) is 0. The van der Waals surface area contributed by atoms with Gasteiger partial charge in [0, 0.05) is 0 Å². The second-order valence-electron chi connectivity index (χ2n) is 4.39. The Labute approximate surface area is 64.0 Å². The predicted molar refractivity (Wildman–Crippen MR) is 43.8 cm³/mol. The highest BCUT2D eigenvalue weighted by atomic mass is 14.4. The molecular weight excluding hydrogens is 120 g/mol. The van der Waals surface area contributed by atoms with Crippen LogP contribution in [0.4, 0.5) is 0 Å². The Hall–Kier alpha value is 0. The summed E-state index contributed by atoms with van der Waals surface area (Å²) in [6.07, 6.45) is 6.15. The summed E-state index contributed by atoms with van der Waals surface area (Å²) in [7, 11) is 0. The van der Waals surface area contributed by atoms with E-state index in [1.54, 1.807) is 0 Å². The van der Waals surface area contributed by atoms with Gasteiger partial charge in [-0.05, 0) is 49.4 Å². The van der Waals surface area contributed by atoms with E-state index >= 15 is 0 Å². The first kappa shape index (κ1) is 6.69. The van der Waals surface area contributed by atoms with E-state index in [1.807, 2.05) is 0 Å². The summed E-state index contributed by atoms with van der Waals surface area (Å²) in [5, 5.41) is 0. The van der Waals surface area contributed by atoms with Crippen LogP contribution in [0.1, 0.15) is 39.5 Å². The van der Waals surface area contributed by atoms with Crippen LogP contribution >= 0.6 is 0 Å². The van der Waals surface area contributed by atoms with Crippen molar-refractivity contribution in [1.29, 1.82) is 0 Å². The lowest BCUT2D eigenvalue weighted by molar-refractivity contribution is 0.0455. The zero-order chi connectivity index (χ0) is 7.14. The molecule has 1 unspecified atom stereocenters. The maximum absolute atomic E-state index is 2.46. The molecule has 10 heavy (non-hydrogen) atoms. The Kier molecular flexibility index (Phi) is 1.51. The zero-order valence-corrected chi connectivity index (χ0v) is 7.14. The first-order chi connectivity index (χ1) is 4.79. The summed E-state index contributed by atoms with van der Waals surface area (Å²) >= 11 is 0. The van der Waals surface area contributed by atoms with E-state index in [2.05, 4.69) is 13.8 Å². The molecule has 58 valence electrons. The molecular formula is C10H18. The van der Waals surface area contributed by atoms with Crippen molar-refractivity contribution in [2.75, 3.05) is 0 Å². The van der Waals surface area contributed by atoms with Gasteiger partial charge in [0.05, 0.1) is 0 Å². The molecule has 3 rings (SSSR count). The van der Waals surface area contributed by atoms with Crippen LogP contribution in [0.3, 0.4) is 0 Å². The van der Waals surface area contributed by atoms with Crippen molar-refractivity contribution in [1.82, 2.24) is 0 Å². The predicted octanol–water partition coefficient (Wildman–Crippen LogP) is 3.08. The standard InChI is InChI=1S/C10H18/c1-7-8(2)10-5-3-9(7)4-6-10/h7-10H,3-6H2,1-2H3/t7-,8?,9?,10?/m1/s1. The summed E-state index contributed by atoms with van der Waals surface area (Å²) in [5.41, 5.74) is 0. The Bertz CT molecular complexity index is 100. The van der Waals surface area contributed by atoms with Crippen LogP contribution in [-0.4, -0.2) is 0 Å². The average molecular weight is 138 g/mol. The molecule has 3 aliphatic rings. The van der Waals surface area contributed by atoms with Gasteiger partial charge in [-0.25, -0.2) is 0 Å². The van der Waals surface area contributed by atoms with Gasteiger partial charge in [-0.2, -0.15) is 0 Å². The van der Waals surface area contributed by atoms with Gasteiger partial charge in [-0.1, -0.05) is 13.8 Å². The molecule has 0 nitrogen and oxygen atoms in total. The number of fused-ring (bicyclic) bond motifs is 3. The quantitative estimate of drug-likeness (QED) is 0.482. The van der Waals surface area contributed by atoms with E-state index < -0.39 is 0 Å². The lowest BCUT2D eigenvalue weighted by atomic mass is 9.60. The van der Waals surface area contributed by atoms with E-state index in [4.69, 9.17) is 0 Å². The summed E-state index contributed by atoms with van der Waals surface area (Å²) in [4.78, 5) is 0. The molecule has 0 aromatic heterocycles. The molecule has 0 spiro atoms. The van der Waals surface area contributed by atoms with Gasteiger partial charge in [0.2, 0.25) is 0 Å². The van der Waals surface area contributed by atoms with Gasteiger partial charge in [0.15, 0.2) is 0 Å². The van der Waals surface area contributed by atoms with Gasteiger partial charge >= 0.3 is 0 Å². The maximum Gasteiger partial charge on any atom is -0.0386 e. The third-order valence-corrected chi connectivity index (χ3v) is 4.13. The minimum absolute atomic E-state index is 1.03. The molecule has 0 saturated heterocycles. The van der Waals surface area contributed by atoms with E-state index in [-0.39, 0.29) is 0 Å². The minimum atomic E-state index is 1.03. The Morgan fingerprint density at radius 1 is 0.700 bits per heavy atom. The smallest absolute Gasteiger partial charge is 0.0386 e. The number of hydrogen-bond donors (Lipinski definition) is 0. The normalized spacial score (nSPS) is 53.4. The fourth-order valence-corrected chi connectivity index (χ4v) is 3.06. The second-order valence-corrected chi connectivity index (χ2v) is 4.39. The SMILES string of the molecule is CC1C2CCC(CC2)[C@@H]1C. The van der Waals surface area contributed by atoms with Gasteiger partial charge in [-0.3, -0.25) is 0 Å². The van der Waals surface area contributed by atoms with Crippen molar-refractivity contribution < 1.29 is 0 Å². The molecule has 0 N–H and O–H groups in total. The highest BCUT2D eigenvalue weighted by molar-refractivity contribution is 4.88. The fraction of sp³-hybridized carbons (Fsp3) is 1.00. The van der Waals surface area contributed by atoms with Crippen LogP contribution in [0, 0.1) is 23.7 Å². The lowest BCUT2D eigenvalue weighted by Crippen LogP contribution is -2.36. The van der Waals surface area contributed by atoms with Crippen molar-refractivity contribution in [3.05, 3.63) is 0 Å². The molecule has 0 radical (unpaired) electrons. The van der Waals surface area contributed by atoms with Crippen LogP contribution in [0.15, 0.2) is 0 Å². The monoisotopic (exact) mass is 138 g/mol. The first-order valence-corrected chi connectivity index (χ1v) is 4.79. The average Bonchev–Trinajstić information content (AvgIpc) is 2.00. The summed E-state index contributed by atoms with van der Waals surface area (Å²) in [5.74, 6) is 4.26. The lowest BCUT2D eigenvalue weighted by Gasteiger charge is -2.46. The van der Waals surface area contributed by atoms with E-state index in [1.165, 1.54) is 25.7 Å². The topological polar surface area (TPSA) is 0 Å². The number of rotatable bonds is 0. The van der Waals surface area contributed by atoms with Crippen molar-refractivity contribution in [2.24, 2.45) is 23.7 Å². The van der Waals surface area contributed by atoms with Crippen molar-refractivity contribution >= 4 is 0 Å². The highest BCUT2D eigenvalue weighted by Crippen LogP contribution is 2.48. The Balaban J connectivity index is 2.13. The highest BCUT2D eigenvalue weighted by Gasteiger charge is 2.38. The van der Waals surface area contributed by atoms with E-state index in [0.29, 0.717) is 0 Å². The molecule has 2 atom stereocenters. The first-order valence-electron chi connectivity index (χ1n) is 4.79. The van der Waals surface area contributed by atoms with E-state index in [9.17, 15) is 0 Å². The zero-order valence-electron chi connectivity index (χ0n) is 7.14. The molecule has 3 aliphatic carbocycles.